The van der Waals surface area contributed by atoms with Crippen LogP contribution in [0.3, 0.4) is 0 Å². The lowest BCUT2D eigenvalue weighted by Crippen LogP contribution is -2.52. The zero-order chi connectivity index (χ0) is 16.9. The Bertz CT molecular complexity index is 538. The lowest BCUT2D eigenvalue weighted by Gasteiger charge is -2.41. The fraction of sp³-hybridized carbons (Fsp3) is 0.684. The third-order valence-corrected chi connectivity index (χ3v) is 5.39. The van der Waals surface area contributed by atoms with Crippen molar-refractivity contribution in [2.24, 2.45) is 0 Å². The molecule has 1 aromatic heterocycles. The van der Waals surface area contributed by atoms with Gasteiger partial charge in [0.2, 0.25) is 5.91 Å². The van der Waals surface area contributed by atoms with Crippen molar-refractivity contribution in [2.75, 3.05) is 13.1 Å². The summed E-state index contributed by atoms with van der Waals surface area (Å²) in [5, 5.41) is 13.4. The summed E-state index contributed by atoms with van der Waals surface area (Å²) in [6, 6.07) is 4.49. The fourth-order valence-corrected chi connectivity index (χ4v) is 3.96. The van der Waals surface area contributed by atoms with E-state index in [0.717, 1.165) is 56.5 Å². The van der Waals surface area contributed by atoms with E-state index in [1.165, 1.54) is 6.42 Å². The predicted molar refractivity (Wildman–Crippen MR) is 93.7 cm³/mol. The Morgan fingerprint density at radius 1 is 1.25 bits per heavy atom. The van der Waals surface area contributed by atoms with Crippen molar-refractivity contribution in [1.82, 2.24) is 15.2 Å². The van der Waals surface area contributed by atoms with Crippen LogP contribution in [0.25, 0.3) is 0 Å². The van der Waals surface area contributed by atoms with Crippen LogP contribution in [0.5, 0.6) is 0 Å². The molecule has 0 aromatic carbocycles. The second kappa shape index (κ2) is 8.08. The molecule has 132 valence electrons. The first-order valence-corrected chi connectivity index (χ1v) is 9.25. The molecule has 3 rings (SSSR count). The van der Waals surface area contributed by atoms with Crippen LogP contribution in [0.1, 0.15) is 49.8 Å². The summed E-state index contributed by atoms with van der Waals surface area (Å²) in [5.74, 6) is 0.0804. The topological polar surface area (TPSA) is 65.5 Å². The van der Waals surface area contributed by atoms with Gasteiger partial charge in [-0.2, -0.15) is 0 Å². The highest BCUT2D eigenvalue weighted by Gasteiger charge is 2.31. The number of aryl methyl sites for hydroxylation is 1. The number of pyridine rings is 1. The Kier molecular flexibility index (Phi) is 5.85. The Balaban J connectivity index is 1.43. The number of aliphatic hydroxyl groups excluding tert-OH is 1. The summed E-state index contributed by atoms with van der Waals surface area (Å²) >= 11 is 0. The molecule has 1 amide bonds. The van der Waals surface area contributed by atoms with Crippen molar-refractivity contribution in [3.05, 3.63) is 29.6 Å². The van der Waals surface area contributed by atoms with Crippen molar-refractivity contribution in [1.29, 1.82) is 0 Å². The van der Waals surface area contributed by atoms with Gasteiger partial charge in [-0.05, 0) is 44.2 Å². The maximum Gasteiger partial charge on any atom is 0.224 e. The third-order valence-electron chi connectivity index (χ3n) is 5.39. The van der Waals surface area contributed by atoms with Gasteiger partial charge in [-0.15, -0.1) is 0 Å². The van der Waals surface area contributed by atoms with Crippen molar-refractivity contribution < 1.29 is 9.90 Å². The summed E-state index contributed by atoms with van der Waals surface area (Å²) in [6.45, 7) is 3.89. The normalized spacial score (nSPS) is 26.2. The summed E-state index contributed by atoms with van der Waals surface area (Å²) < 4.78 is 0. The SMILES string of the molecule is Cc1ccc(CC(=O)NC2CCN(C3CCCCC3O)CC2)cn1. The molecule has 5 nitrogen and oxygen atoms in total. The van der Waals surface area contributed by atoms with Crippen molar-refractivity contribution in [2.45, 2.75) is 70.1 Å². The van der Waals surface area contributed by atoms with E-state index in [1.807, 2.05) is 19.1 Å². The standard InChI is InChI=1S/C19H29N3O2/c1-14-6-7-15(13-20-14)12-19(24)21-16-8-10-22(11-9-16)17-4-2-3-5-18(17)23/h6-7,13,16-18,23H,2-5,8-12H2,1H3,(H,21,24). The minimum absolute atomic E-state index is 0.0804. The van der Waals surface area contributed by atoms with Gasteiger partial charge in [0.25, 0.3) is 0 Å². The lowest BCUT2D eigenvalue weighted by molar-refractivity contribution is -0.121. The van der Waals surface area contributed by atoms with Crippen LogP contribution in [0.4, 0.5) is 0 Å². The van der Waals surface area contributed by atoms with Crippen LogP contribution in [0.15, 0.2) is 18.3 Å². The molecule has 1 aromatic rings. The number of nitrogens with zero attached hydrogens (tertiary/aromatic N) is 2. The predicted octanol–water partition coefficient (Wildman–Crippen LogP) is 1.82. The number of carbonyl (C=O) groups is 1. The van der Waals surface area contributed by atoms with E-state index in [1.54, 1.807) is 6.20 Å². The number of hydrogen-bond acceptors (Lipinski definition) is 4. The summed E-state index contributed by atoms with van der Waals surface area (Å²) in [7, 11) is 0. The van der Waals surface area contributed by atoms with E-state index in [4.69, 9.17) is 0 Å². The highest BCUT2D eigenvalue weighted by Crippen LogP contribution is 2.25. The quantitative estimate of drug-likeness (QED) is 0.883. The molecule has 2 fully saturated rings. The smallest absolute Gasteiger partial charge is 0.224 e. The number of piperidine rings is 1. The molecule has 5 heteroatoms. The fourth-order valence-electron chi connectivity index (χ4n) is 3.96. The van der Waals surface area contributed by atoms with Gasteiger partial charge in [0, 0.05) is 37.1 Å². The summed E-state index contributed by atoms with van der Waals surface area (Å²) in [5.41, 5.74) is 1.93. The number of aromatic nitrogens is 1. The Labute approximate surface area is 144 Å². The maximum atomic E-state index is 12.2. The molecule has 1 aliphatic heterocycles. The number of amides is 1. The van der Waals surface area contributed by atoms with Gasteiger partial charge in [-0.25, -0.2) is 0 Å². The van der Waals surface area contributed by atoms with Gasteiger partial charge in [-0.1, -0.05) is 18.9 Å². The second-order valence-corrected chi connectivity index (χ2v) is 7.28. The molecule has 2 heterocycles. The van der Waals surface area contributed by atoms with Crippen LogP contribution in [0, 0.1) is 6.92 Å². The molecular formula is C19H29N3O2. The summed E-state index contributed by atoms with van der Waals surface area (Å²) in [4.78, 5) is 18.9. The number of likely N-dealkylation sites (tertiary alicyclic amines) is 1. The van der Waals surface area contributed by atoms with Gasteiger partial charge >= 0.3 is 0 Å². The molecule has 2 N–H and O–H groups in total. The molecule has 1 saturated carbocycles. The molecule has 0 bridgehead atoms. The van der Waals surface area contributed by atoms with Gasteiger partial charge < -0.3 is 10.4 Å². The van der Waals surface area contributed by atoms with E-state index in [2.05, 4.69) is 15.2 Å². The molecule has 0 radical (unpaired) electrons. The minimum Gasteiger partial charge on any atom is -0.391 e. The number of carbonyl (C=O) groups excluding carboxylic acids is 1. The number of rotatable bonds is 4. The molecule has 2 aliphatic rings. The largest absolute Gasteiger partial charge is 0.391 e. The maximum absolute atomic E-state index is 12.2. The number of aliphatic hydroxyl groups is 1. The minimum atomic E-state index is -0.168. The molecule has 2 unspecified atom stereocenters. The second-order valence-electron chi connectivity index (χ2n) is 7.28. The number of nitrogens with one attached hydrogen (secondary N) is 1. The zero-order valence-electron chi connectivity index (χ0n) is 14.6. The van der Waals surface area contributed by atoms with Crippen molar-refractivity contribution >= 4 is 5.91 Å². The molecule has 24 heavy (non-hydrogen) atoms. The van der Waals surface area contributed by atoms with Crippen LogP contribution in [-0.4, -0.2) is 52.2 Å². The number of hydrogen-bond donors (Lipinski definition) is 2. The van der Waals surface area contributed by atoms with E-state index in [-0.39, 0.29) is 18.1 Å². The van der Waals surface area contributed by atoms with Crippen molar-refractivity contribution in [3.8, 4) is 0 Å². The van der Waals surface area contributed by atoms with E-state index >= 15 is 0 Å². The Morgan fingerprint density at radius 2 is 2.00 bits per heavy atom. The first-order chi connectivity index (χ1) is 11.6. The van der Waals surface area contributed by atoms with Gasteiger partial charge in [0.05, 0.1) is 12.5 Å². The van der Waals surface area contributed by atoms with Crippen LogP contribution in [0.2, 0.25) is 0 Å². The van der Waals surface area contributed by atoms with Crippen LogP contribution < -0.4 is 5.32 Å². The zero-order valence-corrected chi connectivity index (χ0v) is 14.6. The van der Waals surface area contributed by atoms with Gasteiger partial charge in [0.15, 0.2) is 0 Å². The van der Waals surface area contributed by atoms with E-state index in [0.29, 0.717) is 12.5 Å². The molecular weight excluding hydrogens is 302 g/mol. The lowest BCUT2D eigenvalue weighted by atomic mass is 9.89. The monoisotopic (exact) mass is 331 g/mol. The molecule has 2 atom stereocenters. The first kappa shape index (κ1) is 17.4. The van der Waals surface area contributed by atoms with Gasteiger partial charge in [-0.3, -0.25) is 14.7 Å². The first-order valence-electron chi connectivity index (χ1n) is 9.25. The Hall–Kier alpha value is -1.46. The average Bonchev–Trinajstić information content (AvgIpc) is 2.58. The highest BCUT2D eigenvalue weighted by molar-refractivity contribution is 5.78. The van der Waals surface area contributed by atoms with Gasteiger partial charge in [0.1, 0.15) is 0 Å². The van der Waals surface area contributed by atoms with Crippen LogP contribution in [-0.2, 0) is 11.2 Å². The molecule has 1 saturated heterocycles. The van der Waals surface area contributed by atoms with E-state index in [9.17, 15) is 9.90 Å². The summed E-state index contributed by atoms with van der Waals surface area (Å²) in [6.07, 6.45) is 8.38. The Morgan fingerprint density at radius 3 is 2.67 bits per heavy atom. The molecule has 1 aliphatic carbocycles. The van der Waals surface area contributed by atoms with Crippen molar-refractivity contribution in [3.63, 3.8) is 0 Å². The molecule has 0 spiro atoms. The highest BCUT2D eigenvalue weighted by atomic mass is 16.3. The van der Waals surface area contributed by atoms with E-state index < -0.39 is 0 Å². The average molecular weight is 331 g/mol. The third kappa shape index (κ3) is 4.54. The van der Waals surface area contributed by atoms with Crippen LogP contribution >= 0.6 is 0 Å².